The molecular weight excluding hydrogens is 631 g/mol. The first-order valence-corrected chi connectivity index (χ1v) is 17.8. The van der Waals surface area contributed by atoms with Crippen molar-refractivity contribution in [1.29, 1.82) is 0 Å². The van der Waals surface area contributed by atoms with Gasteiger partial charge in [0.25, 0.3) is 0 Å². The molecule has 10 rings (SSSR count). The predicted molar refractivity (Wildman–Crippen MR) is 220 cm³/mol. The predicted octanol–water partition coefficient (Wildman–Crippen LogP) is 14.4. The van der Waals surface area contributed by atoms with Crippen LogP contribution in [0.2, 0.25) is 0 Å². The van der Waals surface area contributed by atoms with E-state index in [9.17, 15) is 0 Å². The fourth-order valence-electron chi connectivity index (χ4n) is 7.78. The third-order valence-corrected chi connectivity index (χ3v) is 10.3. The highest BCUT2D eigenvalue weighted by molar-refractivity contribution is 6.12. The van der Waals surface area contributed by atoms with E-state index in [0.29, 0.717) is 0 Å². The molecule has 0 radical (unpaired) electrons. The molecule has 2 heteroatoms. The second-order valence-electron chi connectivity index (χ2n) is 13.3. The Morgan fingerprint density at radius 1 is 0.327 bits per heavy atom. The Bertz CT molecular complexity index is 2890. The SMILES string of the molecule is c1cc(-c2ccc(N(c3ccc(-c4cccc5oc6ccccc6c45)cc3)c3cccc4ccccc34)cc2)cc(-c2cccc3ccccc23)c1. The fraction of sp³-hybridized carbons (Fsp3) is 0. The maximum Gasteiger partial charge on any atom is 0.136 e. The Kier molecular flexibility index (Phi) is 7.18. The molecule has 0 spiro atoms. The molecule has 1 heterocycles. The van der Waals surface area contributed by atoms with Crippen LogP contribution in [0.3, 0.4) is 0 Å². The molecule has 0 bridgehead atoms. The number of anilines is 3. The lowest BCUT2D eigenvalue weighted by Crippen LogP contribution is -2.10. The van der Waals surface area contributed by atoms with Gasteiger partial charge in [0.2, 0.25) is 0 Å². The van der Waals surface area contributed by atoms with Crippen LogP contribution in [0.15, 0.2) is 205 Å². The highest BCUT2D eigenvalue weighted by atomic mass is 16.3. The molecule has 1 aromatic heterocycles. The first kappa shape index (κ1) is 30.0. The fourth-order valence-corrected chi connectivity index (χ4v) is 7.78. The van der Waals surface area contributed by atoms with Crippen LogP contribution < -0.4 is 4.90 Å². The molecule has 0 atom stereocenters. The minimum Gasteiger partial charge on any atom is -0.456 e. The average molecular weight is 664 g/mol. The number of hydrogen-bond acceptors (Lipinski definition) is 2. The molecule has 52 heavy (non-hydrogen) atoms. The van der Waals surface area contributed by atoms with Crippen LogP contribution in [-0.2, 0) is 0 Å². The van der Waals surface area contributed by atoms with Gasteiger partial charge >= 0.3 is 0 Å². The van der Waals surface area contributed by atoms with Crippen LogP contribution in [0.1, 0.15) is 0 Å². The van der Waals surface area contributed by atoms with E-state index in [1.54, 1.807) is 0 Å². The van der Waals surface area contributed by atoms with Crippen LogP contribution >= 0.6 is 0 Å². The van der Waals surface area contributed by atoms with Gasteiger partial charge in [-0.1, -0.05) is 152 Å². The Morgan fingerprint density at radius 2 is 0.865 bits per heavy atom. The maximum atomic E-state index is 6.21. The first-order valence-electron chi connectivity index (χ1n) is 17.8. The molecule has 0 aliphatic heterocycles. The summed E-state index contributed by atoms with van der Waals surface area (Å²) in [7, 11) is 0. The molecule has 0 saturated heterocycles. The zero-order valence-electron chi connectivity index (χ0n) is 28.4. The highest BCUT2D eigenvalue weighted by Crippen LogP contribution is 2.42. The summed E-state index contributed by atoms with van der Waals surface area (Å²) in [6, 6.07) is 71.7. The van der Waals surface area contributed by atoms with Crippen LogP contribution in [0.4, 0.5) is 17.1 Å². The second kappa shape index (κ2) is 12.5. The van der Waals surface area contributed by atoms with E-state index in [4.69, 9.17) is 4.42 Å². The van der Waals surface area contributed by atoms with Gasteiger partial charge in [-0.05, 0) is 98.1 Å². The molecule has 0 unspecified atom stereocenters. The molecule has 0 amide bonds. The van der Waals surface area contributed by atoms with E-state index in [1.807, 2.05) is 12.1 Å². The maximum absolute atomic E-state index is 6.21. The third-order valence-electron chi connectivity index (χ3n) is 10.3. The number of fused-ring (bicyclic) bond motifs is 5. The zero-order chi connectivity index (χ0) is 34.4. The smallest absolute Gasteiger partial charge is 0.136 e. The number of para-hydroxylation sites is 1. The summed E-state index contributed by atoms with van der Waals surface area (Å²) in [5, 5.41) is 7.22. The molecule has 0 N–H and O–H groups in total. The molecule has 244 valence electrons. The number of hydrogen-bond donors (Lipinski definition) is 0. The normalized spacial score (nSPS) is 11.5. The van der Waals surface area contributed by atoms with Crippen LogP contribution in [-0.4, -0.2) is 0 Å². The van der Waals surface area contributed by atoms with E-state index in [-0.39, 0.29) is 0 Å². The molecule has 0 aliphatic carbocycles. The van der Waals surface area contributed by atoms with Crippen molar-refractivity contribution in [2.45, 2.75) is 0 Å². The van der Waals surface area contributed by atoms with Crippen LogP contribution in [0.5, 0.6) is 0 Å². The van der Waals surface area contributed by atoms with Crippen molar-refractivity contribution in [3.63, 3.8) is 0 Å². The van der Waals surface area contributed by atoms with E-state index < -0.39 is 0 Å². The summed E-state index contributed by atoms with van der Waals surface area (Å²) >= 11 is 0. The number of furan rings is 1. The van der Waals surface area contributed by atoms with Crippen molar-refractivity contribution < 1.29 is 4.42 Å². The molecule has 9 aromatic carbocycles. The summed E-state index contributed by atoms with van der Waals surface area (Å²) in [6.45, 7) is 0. The standard InChI is InChI=1S/C50H33NO/c1-3-17-42-35(11-1)13-8-20-43(42)39-16-7-15-38(33-39)34-25-29-40(30-26-34)51(47-22-9-14-36-12-2-4-18-44(36)47)41-31-27-37(28-32-41)45-21-10-24-49-50(45)46-19-5-6-23-48(46)52-49/h1-33H. The lowest BCUT2D eigenvalue weighted by molar-refractivity contribution is 0.669. The summed E-state index contributed by atoms with van der Waals surface area (Å²) in [5.74, 6) is 0. The van der Waals surface area contributed by atoms with Gasteiger partial charge in [-0.2, -0.15) is 0 Å². The first-order chi connectivity index (χ1) is 25.8. The van der Waals surface area contributed by atoms with Gasteiger partial charge < -0.3 is 9.32 Å². The number of benzene rings is 9. The quantitative estimate of drug-likeness (QED) is 0.176. The van der Waals surface area contributed by atoms with Gasteiger partial charge in [-0.3, -0.25) is 0 Å². The van der Waals surface area contributed by atoms with Crippen molar-refractivity contribution in [2.75, 3.05) is 4.90 Å². The van der Waals surface area contributed by atoms with Crippen LogP contribution in [0.25, 0.3) is 76.9 Å². The minimum atomic E-state index is 0.905. The van der Waals surface area contributed by atoms with Gasteiger partial charge in [0, 0.05) is 27.5 Å². The molecule has 0 fully saturated rings. The molecular formula is C50H33NO. The minimum absolute atomic E-state index is 0.905. The van der Waals surface area contributed by atoms with Gasteiger partial charge in [-0.15, -0.1) is 0 Å². The average Bonchev–Trinajstić information content (AvgIpc) is 3.61. The largest absolute Gasteiger partial charge is 0.456 e. The molecule has 0 aliphatic rings. The van der Waals surface area contributed by atoms with E-state index >= 15 is 0 Å². The van der Waals surface area contributed by atoms with E-state index in [0.717, 1.165) is 44.6 Å². The molecule has 2 nitrogen and oxygen atoms in total. The van der Waals surface area contributed by atoms with Gasteiger partial charge in [0.05, 0.1) is 5.69 Å². The topological polar surface area (TPSA) is 16.4 Å². The van der Waals surface area contributed by atoms with Crippen molar-refractivity contribution in [1.82, 2.24) is 0 Å². The van der Waals surface area contributed by atoms with Gasteiger partial charge in [0.1, 0.15) is 11.2 Å². The Hall–Kier alpha value is -6.90. The van der Waals surface area contributed by atoms with E-state index in [2.05, 4.69) is 193 Å². The number of nitrogens with zero attached hydrogens (tertiary/aromatic N) is 1. The van der Waals surface area contributed by atoms with Crippen molar-refractivity contribution >= 4 is 60.5 Å². The zero-order valence-corrected chi connectivity index (χ0v) is 28.4. The monoisotopic (exact) mass is 663 g/mol. The summed E-state index contributed by atoms with van der Waals surface area (Å²) < 4.78 is 6.21. The highest BCUT2D eigenvalue weighted by Gasteiger charge is 2.17. The molecule has 10 aromatic rings. The van der Waals surface area contributed by atoms with Crippen molar-refractivity contribution in [2.24, 2.45) is 0 Å². The lowest BCUT2D eigenvalue weighted by Gasteiger charge is -2.27. The lowest BCUT2D eigenvalue weighted by atomic mass is 9.95. The van der Waals surface area contributed by atoms with Gasteiger partial charge in [0.15, 0.2) is 0 Å². The van der Waals surface area contributed by atoms with Crippen molar-refractivity contribution in [3.8, 4) is 33.4 Å². The van der Waals surface area contributed by atoms with Crippen LogP contribution in [0, 0.1) is 0 Å². The van der Waals surface area contributed by atoms with E-state index in [1.165, 1.54) is 49.4 Å². The Labute approximate surface area is 302 Å². The van der Waals surface area contributed by atoms with Crippen molar-refractivity contribution in [3.05, 3.63) is 200 Å². The number of rotatable bonds is 6. The second-order valence-corrected chi connectivity index (χ2v) is 13.3. The summed E-state index contributed by atoms with van der Waals surface area (Å²) in [5.41, 5.74) is 12.3. The van der Waals surface area contributed by atoms with Gasteiger partial charge in [-0.25, -0.2) is 0 Å². The summed E-state index contributed by atoms with van der Waals surface area (Å²) in [6.07, 6.45) is 0. The molecule has 0 saturated carbocycles. The Morgan fingerprint density at radius 3 is 1.65 bits per heavy atom. The Balaban J connectivity index is 1.06. The summed E-state index contributed by atoms with van der Waals surface area (Å²) in [4.78, 5) is 2.37. The third kappa shape index (κ3) is 5.12.